The predicted molar refractivity (Wildman–Crippen MR) is 69.6 cm³/mol. The Hall–Kier alpha value is -1.10. The van der Waals surface area contributed by atoms with Crippen LogP contribution >= 0.6 is 23.2 Å². The van der Waals surface area contributed by atoms with Gasteiger partial charge in [0.2, 0.25) is 11.8 Å². The Kier molecular flexibility index (Phi) is 3.24. The van der Waals surface area contributed by atoms with Gasteiger partial charge in [0.15, 0.2) is 0 Å². The lowest BCUT2D eigenvalue weighted by Gasteiger charge is -1.98. The molecule has 1 aromatic heterocycles. The van der Waals surface area contributed by atoms with Crippen molar-refractivity contribution in [1.29, 1.82) is 0 Å². The molecule has 6 heteroatoms. The lowest BCUT2D eigenvalue weighted by molar-refractivity contribution is 0.476. The molecule has 0 spiro atoms. The van der Waals surface area contributed by atoms with E-state index in [0.717, 1.165) is 5.56 Å². The number of hydrogen-bond donors (Lipinski definition) is 1. The van der Waals surface area contributed by atoms with E-state index >= 15 is 0 Å². The first-order valence-electron chi connectivity index (χ1n) is 5.73. The van der Waals surface area contributed by atoms with Crippen LogP contribution in [0.2, 0.25) is 10.0 Å². The Labute approximate surface area is 114 Å². The molecular formula is C12H11Cl2N3O. The third kappa shape index (κ3) is 2.66. The minimum absolute atomic E-state index is 0.459. The summed E-state index contributed by atoms with van der Waals surface area (Å²) in [7, 11) is 0. The molecule has 0 bridgehead atoms. The van der Waals surface area contributed by atoms with E-state index in [2.05, 4.69) is 15.5 Å². The molecule has 1 N–H and O–H groups in total. The molecule has 18 heavy (non-hydrogen) atoms. The highest BCUT2D eigenvalue weighted by molar-refractivity contribution is 6.42. The lowest BCUT2D eigenvalue weighted by Crippen LogP contribution is -2.15. The van der Waals surface area contributed by atoms with Gasteiger partial charge in [-0.1, -0.05) is 23.2 Å². The Bertz CT molecular complexity index is 566. The Balaban J connectivity index is 1.76. The van der Waals surface area contributed by atoms with E-state index in [-0.39, 0.29) is 0 Å². The second-order valence-electron chi connectivity index (χ2n) is 4.29. The zero-order valence-corrected chi connectivity index (χ0v) is 11.0. The quantitative estimate of drug-likeness (QED) is 0.936. The van der Waals surface area contributed by atoms with Crippen molar-refractivity contribution in [3.05, 3.63) is 34.1 Å². The normalized spacial score (nSPS) is 15.0. The smallest absolute Gasteiger partial charge is 0.247 e. The molecule has 1 fully saturated rings. The first kappa shape index (κ1) is 12.0. The monoisotopic (exact) mass is 283 g/mol. The molecule has 0 saturated heterocycles. The van der Waals surface area contributed by atoms with E-state index in [4.69, 9.17) is 27.6 Å². The fourth-order valence-electron chi connectivity index (χ4n) is 1.59. The predicted octanol–water partition coefficient (Wildman–Crippen LogP) is 3.30. The van der Waals surface area contributed by atoms with Gasteiger partial charge >= 0.3 is 0 Å². The topological polar surface area (TPSA) is 51.0 Å². The second kappa shape index (κ2) is 4.88. The van der Waals surface area contributed by atoms with E-state index in [9.17, 15) is 0 Å². The minimum atomic E-state index is 0.459. The van der Waals surface area contributed by atoms with Crippen molar-refractivity contribution in [2.45, 2.75) is 25.4 Å². The summed E-state index contributed by atoms with van der Waals surface area (Å²) in [6.07, 6.45) is 2.46. The van der Waals surface area contributed by atoms with Gasteiger partial charge in [0.05, 0.1) is 16.6 Å². The zero-order chi connectivity index (χ0) is 12.5. The van der Waals surface area contributed by atoms with Gasteiger partial charge in [-0.15, -0.1) is 10.2 Å². The van der Waals surface area contributed by atoms with E-state index in [1.54, 1.807) is 18.2 Å². The van der Waals surface area contributed by atoms with Gasteiger partial charge in [-0.05, 0) is 31.0 Å². The number of aromatic nitrogens is 2. The molecule has 0 atom stereocenters. The number of halogens is 2. The summed E-state index contributed by atoms with van der Waals surface area (Å²) in [5.74, 6) is 1.05. The van der Waals surface area contributed by atoms with E-state index in [0.29, 0.717) is 34.4 Å². The third-order valence-electron chi connectivity index (χ3n) is 2.75. The molecule has 1 heterocycles. The summed E-state index contributed by atoms with van der Waals surface area (Å²) >= 11 is 11.8. The highest BCUT2D eigenvalue weighted by Gasteiger charge is 2.21. The molecule has 1 aromatic carbocycles. The molecule has 1 aliphatic rings. The van der Waals surface area contributed by atoms with Crippen LogP contribution in [0.1, 0.15) is 18.7 Å². The molecule has 3 rings (SSSR count). The number of rotatable bonds is 4. The van der Waals surface area contributed by atoms with Crippen LogP contribution in [0.15, 0.2) is 22.6 Å². The first-order chi connectivity index (χ1) is 8.72. The van der Waals surface area contributed by atoms with Gasteiger partial charge in [0.1, 0.15) is 0 Å². The summed E-state index contributed by atoms with van der Waals surface area (Å²) in [5, 5.41) is 12.3. The number of nitrogens with one attached hydrogen (secondary N) is 1. The largest absolute Gasteiger partial charge is 0.419 e. The van der Waals surface area contributed by atoms with Crippen LogP contribution in [0.3, 0.4) is 0 Å². The molecule has 0 amide bonds. The summed E-state index contributed by atoms with van der Waals surface area (Å²) in [4.78, 5) is 0. The molecule has 1 saturated carbocycles. The van der Waals surface area contributed by atoms with Gasteiger partial charge in [0.25, 0.3) is 0 Å². The average molecular weight is 284 g/mol. The second-order valence-corrected chi connectivity index (χ2v) is 5.10. The maximum atomic E-state index is 5.95. The van der Waals surface area contributed by atoms with Crippen LogP contribution in [-0.4, -0.2) is 16.2 Å². The molecule has 1 aliphatic carbocycles. The summed E-state index contributed by atoms with van der Waals surface area (Å²) < 4.78 is 5.56. The Morgan fingerprint density at radius 2 is 2.06 bits per heavy atom. The van der Waals surface area contributed by atoms with Crippen LogP contribution in [0, 0.1) is 0 Å². The van der Waals surface area contributed by atoms with Crippen molar-refractivity contribution in [2.75, 3.05) is 0 Å². The minimum Gasteiger partial charge on any atom is -0.419 e. The van der Waals surface area contributed by atoms with Crippen molar-refractivity contribution in [3.63, 3.8) is 0 Å². The molecule has 0 aliphatic heterocycles. The van der Waals surface area contributed by atoms with Gasteiger partial charge in [-0.3, -0.25) is 0 Å². The molecule has 2 aromatic rings. The SMILES string of the molecule is Clc1ccc(-c2nnc(CNC3CC3)o2)cc1Cl. The van der Waals surface area contributed by atoms with E-state index in [1.165, 1.54) is 12.8 Å². The van der Waals surface area contributed by atoms with Crippen LogP contribution in [0.4, 0.5) is 0 Å². The summed E-state index contributed by atoms with van der Waals surface area (Å²) in [6, 6.07) is 5.85. The van der Waals surface area contributed by atoms with E-state index < -0.39 is 0 Å². The zero-order valence-electron chi connectivity index (χ0n) is 9.49. The fourth-order valence-corrected chi connectivity index (χ4v) is 1.89. The van der Waals surface area contributed by atoms with Crippen LogP contribution in [0.5, 0.6) is 0 Å². The average Bonchev–Trinajstić information content (AvgIpc) is 3.08. The Morgan fingerprint density at radius 1 is 1.22 bits per heavy atom. The lowest BCUT2D eigenvalue weighted by atomic mass is 10.2. The van der Waals surface area contributed by atoms with Gasteiger partial charge in [0, 0.05) is 11.6 Å². The van der Waals surface area contributed by atoms with Crippen LogP contribution in [-0.2, 0) is 6.54 Å². The van der Waals surface area contributed by atoms with Crippen LogP contribution < -0.4 is 5.32 Å². The van der Waals surface area contributed by atoms with Crippen molar-refractivity contribution < 1.29 is 4.42 Å². The van der Waals surface area contributed by atoms with Crippen LogP contribution in [0.25, 0.3) is 11.5 Å². The highest BCUT2D eigenvalue weighted by Crippen LogP contribution is 2.28. The first-order valence-corrected chi connectivity index (χ1v) is 6.49. The number of benzene rings is 1. The van der Waals surface area contributed by atoms with E-state index in [1.807, 2.05) is 0 Å². The maximum absolute atomic E-state index is 5.95. The molecular weight excluding hydrogens is 273 g/mol. The molecule has 4 nitrogen and oxygen atoms in total. The third-order valence-corrected chi connectivity index (χ3v) is 3.49. The summed E-state index contributed by atoms with van der Waals surface area (Å²) in [5.41, 5.74) is 0.773. The maximum Gasteiger partial charge on any atom is 0.247 e. The van der Waals surface area contributed by atoms with Crippen molar-refractivity contribution in [3.8, 4) is 11.5 Å². The molecule has 0 unspecified atom stereocenters. The van der Waals surface area contributed by atoms with Crippen molar-refractivity contribution in [2.24, 2.45) is 0 Å². The van der Waals surface area contributed by atoms with Gasteiger partial charge < -0.3 is 9.73 Å². The van der Waals surface area contributed by atoms with Crippen molar-refractivity contribution >= 4 is 23.2 Å². The summed E-state index contributed by atoms with van der Waals surface area (Å²) in [6.45, 7) is 0.610. The van der Waals surface area contributed by atoms with Gasteiger partial charge in [-0.25, -0.2) is 0 Å². The highest BCUT2D eigenvalue weighted by atomic mass is 35.5. The standard InChI is InChI=1S/C12H11Cl2N3O/c13-9-4-1-7(5-10(9)14)12-17-16-11(18-12)6-15-8-2-3-8/h1,4-5,8,15H,2-3,6H2. The van der Waals surface area contributed by atoms with Gasteiger partial charge in [-0.2, -0.15) is 0 Å². The fraction of sp³-hybridized carbons (Fsp3) is 0.333. The Morgan fingerprint density at radius 3 is 2.78 bits per heavy atom. The number of nitrogens with zero attached hydrogens (tertiary/aromatic N) is 2. The molecule has 94 valence electrons. The van der Waals surface area contributed by atoms with Crippen molar-refractivity contribution in [1.82, 2.24) is 15.5 Å². The molecule has 0 radical (unpaired) electrons. The number of hydrogen-bond acceptors (Lipinski definition) is 4.